The number of ether oxygens (including phenoxy) is 1. The van der Waals surface area contributed by atoms with E-state index in [2.05, 4.69) is 18.0 Å². The molecule has 0 atom stereocenters. The molecular formula is C15H24O6. The van der Waals surface area contributed by atoms with Gasteiger partial charge in [-0.1, -0.05) is 13.2 Å². The lowest BCUT2D eigenvalue weighted by Crippen LogP contribution is -2.22. The van der Waals surface area contributed by atoms with E-state index in [1.807, 2.05) is 0 Å². The molecule has 0 radical (unpaired) electrons. The van der Waals surface area contributed by atoms with Crippen molar-refractivity contribution >= 4 is 5.97 Å². The molecule has 1 N–H and O–H groups in total. The first-order valence-electron chi connectivity index (χ1n) is 7.18. The summed E-state index contributed by atoms with van der Waals surface area (Å²) in [5, 5.41) is 8.19. The molecule has 0 aromatic heterocycles. The van der Waals surface area contributed by atoms with Gasteiger partial charge in [0.25, 0.3) is 0 Å². The summed E-state index contributed by atoms with van der Waals surface area (Å²) < 4.78 is 5.06. The van der Waals surface area contributed by atoms with Crippen LogP contribution in [0.5, 0.6) is 0 Å². The van der Waals surface area contributed by atoms with E-state index in [0.717, 1.165) is 25.7 Å². The van der Waals surface area contributed by atoms with Crippen LogP contribution in [-0.2, 0) is 24.2 Å². The molecule has 0 aliphatic heterocycles. The zero-order valence-electron chi connectivity index (χ0n) is 12.3. The molecule has 0 spiro atoms. The molecule has 6 nitrogen and oxygen atoms in total. The summed E-state index contributed by atoms with van der Waals surface area (Å²) in [6.07, 6.45) is 5.64. The number of rotatable bonds is 10. The molecule has 0 saturated heterocycles. The van der Waals surface area contributed by atoms with Crippen molar-refractivity contribution < 1.29 is 29.5 Å². The van der Waals surface area contributed by atoms with Crippen LogP contribution in [0.1, 0.15) is 32.1 Å². The van der Waals surface area contributed by atoms with Gasteiger partial charge < -0.3 is 9.62 Å². The van der Waals surface area contributed by atoms with Gasteiger partial charge in [-0.2, -0.15) is 4.89 Å². The number of hydrogen-bond acceptors (Lipinski definition) is 6. The maximum atomic E-state index is 11.0. The van der Waals surface area contributed by atoms with Gasteiger partial charge in [0, 0.05) is 12.5 Å². The lowest BCUT2D eigenvalue weighted by Gasteiger charge is -2.27. The number of hydrogen-bond donors (Lipinski definition) is 1. The second-order valence-electron chi connectivity index (χ2n) is 5.21. The topological polar surface area (TPSA) is 74.2 Å². The third kappa shape index (κ3) is 7.84. The fourth-order valence-electron chi connectivity index (χ4n) is 2.24. The molecule has 1 rings (SSSR count). The third-order valence-corrected chi connectivity index (χ3v) is 3.55. The van der Waals surface area contributed by atoms with Gasteiger partial charge in [-0.15, -0.1) is 0 Å². The van der Waals surface area contributed by atoms with Crippen molar-refractivity contribution in [1.29, 1.82) is 0 Å². The Bertz CT molecular complexity index is 333. The Hall–Kier alpha value is -1.37. The molecule has 0 bridgehead atoms. The van der Waals surface area contributed by atoms with Gasteiger partial charge in [-0.05, 0) is 37.5 Å². The number of esters is 1. The highest BCUT2D eigenvalue weighted by Crippen LogP contribution is 2.29. The van der Waals surface area contributed by atoms with Crippen molar-refractivity contribution in [3.63, 3.8) is 0 Å². The summed E-state index contributed by atoms with van der Waals surface area (Å²) in [5.74, 6) is 0.925. The Labute approximate surface area is 125 Å². The molecule has 6 heteroatoms. The van der Waals surface area contributed by atoms with Crippen LogP contribution in [0.3, 0.4) is 0 Å². The SMILES string of the molecule is C=CC(=O)OCC1CCC(COOC(=C)CCOO)CC1. The number of carbonyl (C=O) groups is 1. The molecule has 0 unspecified atom stereocenters. The van der Waals surface area contributed by atoms with Crippen LogP contribution in [-0.4, -0.2) is 31.0 Å². The lowest BCUT2D eigenvalue weighted by molar-refractivity contribution is -0.280. The second-order valence-corrected chi connectivity index (χ2v) is 5.21. The molecule has 1 aliphatic rings. The summed E-state index contributed by atoms with van der Waals surface area (Å²) in [4.78, 5) is 25.1. The van der Waals surface area contributed by atoms with Crippen molar-refractivity contribution in [1.82, 2.24) is 0 Å². The summed E-state index contributed by atoms with van der Waals surface area (Å²) in [6, 6.07) is 0. The zero-order valence-corrected chi connectivity index (χ0v) is 12.3. The second kappa shape index (κ2) is 10.4. The van der Waals surface area contributed by atoms with Crippen LogP contribution in [0.4, 0.5) is 0 Å². The molecular weight excluding hydrogens is 276 g/mol. The Morgan fingerprint density at radius 3 is 2.38 bits per heavy atom. The fourth-order valence-corrected chi connectivity index (χ4v) is 2.24. The molecule has 0 amide bonds. The Kier molecular flexibility index (Phi) is 8.73. The van der Waals surface area contributed by atoms with E-state index in [1.165, 1.54) is 6.08 Å². The normalized spacial score (nSPS) is 21.6. The van der Waals surface area contributed by atoms with Crippen LogP contribution < -0.4 is 0 Å². The van der Waals surface area contributed by atoms with E-state index in [-0.39, 0.29) is 12.6 Å². The highest BCUT2D eigenvalue weighted by Gasteiger charge is 2.22. The minimum Gasteiger partial charge on any atom is -0.462 e. The van der Waals surface area contributed by atoms with E-state index in [9.17, 15) is 4.79 Å². The minimum absolute atomic E-state index is 0.136. The average molecular weight is 300 g/mol. The maximum absolute atomic E-state index is 11.0. The van der Waals surface area contributed by atoms with Crippen molar-refractivity contribution in [3.05, 3.63) is 25.0 Å². The first-order chi connectivity index (χ1) is 10.2. The summed E-state index contributed by atoms with van der Waals surface area (Å²) in [6.45, 7) is 8.12. The minimum atomic E-state index is -0.362. The largest absolute Gasteiger partial charge is 0.462 e. The van der Waals surface area contributed by atoms with Crippen molar-refractivity contribution in [2.45, 2.75) is 32.1 Å². The van der Waals surface area contributed by atoms with E-state index < -0.39 is 0 Å². The Morgan fingerprint density at radius 2 is 1.81 bits per heavy atom. The van der Waals surface area contributed by atoms with Crippen LogP contribution in [0.15, 0.2) is 25.0 Å². The van der Waals surface area contributed by atoms with Gasteiger partial charge in [-0.3, -0.25) is 5.26 Å². The molecule has 1 saturated carbocycles. The molecule has 0 aromatic carbocycles. The first kappa shape index (κ1) is 17.7. The van der Waals surface area contributed by atoms with E-state index in [4.69, 9.17) is 19.8 Å². The summed E-state index contributed by atoms with van der Waals surface area (Å²) in [7, 11) is 0. The molecule has 0 heterocycles. The van der Waals surface area contributed by atoms with Gasteiger partial charge in [0.1, 0.15) is 5.76 Å². The van der Waals surface area contributed by atoms with Gasteiger partial charge in [0.05, 0.1) is 19.8 Å². The van der Waals surface area contributed by atoms with Crippen molar-refractivity contribution in [2.24, 2.45) is 11.8 Å². The highest BCUT2D eigenvalue weighted by molar-refractivity contribution is 5.81. The predicted molar refractivity (Wildman–Crippen MR) is 76.0 cm³/mol. The van der Waals surface area contributed by atoms with Gasteiger partial charge >= 0.3 is 5.97 Å². The van der Waals surface area contributed by atoms with Gasteiger partial charge in [0.2, 0.25) is 0 Å². The first-order valence-corrected chi connectivity index (χ1v) is 7.18. The molecule has 120 valence electrons. The molecule has 1 aliphatic carbocycles. The van der Waals surface area contributed by atoms with Crippen LogP contribution in [0.2, 0.25) is 0 Å². The van der Waals surface area contributed by atoms with Crippen LogP contribution in [0, 0.1) is 11.8 Å². The van der Waals surface area contributed by atoms with E-state index in [1.54, 1.807) is 0 Å². The number of carbonyl (C=O) groups excluding carboxylic acids is 1. The Balaban J connectivity index is 2.06. The van der Waals surface area contributed by atoms with Crippen molar-refractivity contribution in [2.75, 3.05) is 19.8 Å². The lowest BCUT2D eigenvalue weighted by atomic mass is 9.83. The maximum Gasteiger partial charge on any atom is 0.330 e. The van der Waals surface area contributed by atoms with E-state index in [0.29, 0.717) is 37.2 Å². The quantitative estimate of drug-likeness (QED) is 0.220. The third-order valence-electron chi connectivity index (χ3n) is 3.55. The Morgan fingerprint density at radius 1 is 1.19 bits per heavy atom. The highest BCUT2D eigenvalue weighted by atomic mass is 17.2. The molecule has 21 heavy (non-hydrogen) atoms. The van der Waals surface area contributed by atoms with Crippen molar-refractivity contribution in [3.8, 4) is 0 Å². The van der Waals surface area contributed by atoms with E-state index >= 15 is 0 Å². The van der Waals surface area contributed by atoms with Crippen LogP contribution >= 0.6 is 0 Å². The molecule has 0 aromatic rings. The van der Waals surface area contributed by atoms with Crippen LogP contribution in [0.25, 0.3) is 0 Å². The predicted octanol–water partition coefficient (Wildman–Crippen LogP) is 2.86. The smallest absolute Gasteiger partial charge is 0.330 e. The van der Waals surface area contributed by atoms with Gasteiger partial charge in [-0.25, -0.2) is 9.68 Å². The zero-order chi connectivity index (χ0) is 15.5. The summed E-state index contributed by atoms with van der Waals surface area (Å²) in [5.41, 5.74) is 0. The average Bonchev–Trinajstić information content (AvgIpc) is 2.51. The summed E-state index contributed by atoms with van der Waals surface area (Å²) >= 11 is 0. The monoisotopic (exact) mass is 300 g/mol. The fraction of sp³-hybridized carbons (Fsp3) is 0.667. The van der Waals surface area contributed by atoms with Gasteiger partial charge in [0.15, 0.2) is 0 Å². The standard InChI is InChI=1S/C15H24O6/c1-3-15(16)18-10-13-4-6-14(7-5-13)11-20-21-12(2)8-9-19-17/h3,13-14,17H,1-2,4-11H2. The molecule has 1 fully saturated rings.